The summed E-state index contributed by atoms with van der Waals surface area (Å²) in [5, 5.41) is 3.91. The summed E-state index contributed by atoms with van der Waals surface area (Å²) in [6.45, 7) is 3.53. The maximum Gasteiger partial charge on any atom is 0.147 e. The molecule has 2 rings (SSSR count). The first-order valence-corrected chi connectivity index (χ1v) is 5.66. The van der Waals surface area contributed by atoms with Gasteiger partial charge in [-0.25, -0.2) is 4.39 Å². The number of hydrogen-bond donors (Lipinski definition) is 1. The molecule has 1 N–H and O–H groups in total. The maximum atomic E-state index is 13.9. The van der Waals surface area contributed by atoms with E-state index in [2.05, 4.69) is 5.32 Å². The first kappa shape index (κ1) is 14.8. The third-order valence-corrected chi connectivity index (χ3v) is 2.98. The average molecular weight is 273 g/mol. The first-order valence-electron chi connectivity index (χ1n) is 5.66. The van der Waals surface area contributed by atoms with E-state index in [1.165, 1.54) is 6.07 Å². The Labute approximate surface area is 112 Å². The van der Waals surface area contributed by atoms with E-state index < -0.39 is 0 Å². The predicted octanol–water partition coefficient (Wildman–Crippen LogP) is 2.74. The maximum absolute atomic E-state index is 13.9. The van der Waals surface area contributed by atoms with Crippen LogP contribution in [0.5, 0.6) is 5.75 Å². The number of nitrogens with zero attached hydrogens (tertiary/aromatic N) is 1. The number of methoxy groups -OCH3 is 1. The van der Waals surface area contributed by atoms with Crippen molar-refractivity contribution in [1.29, 1.82) is 0 Å². The lowest BCUT2D eigenvalue weighted by molar-refractivity contribution is 0.419. The molecule has 2 aromatic rings. The molecule has 0 bridgehead atoms. The fraction of sp³-hybridized carbons (Fsp3) is 0.385. The second-order valence-corrected chi connectivity index (χ2v) is 4.05. The molecule has 0 radical (unpaired) electrons. The minimum absolute atomic E-state index is 0. The molecule has 100 valence electrons. The summed E-state index contributed by atoms with van der Waals surface area (Å²) in [5.74, 6) is 0.512. The highest BCUT2D eigenvalue weighted by atomic mass is 35.5. The van der Waals surface area contributed by atoms with Gasteiger partial charge in [0.2, 0.25) is 0 Å². The van der Waals surface area contributed by atoms with E-state index in [-0.39, 0.29) is 18.2 Å². The van der Waals surface area contributed by atoms with Gasteiger partial charge in [-0.1, -0.05) is 0 Å². The van der Waals surface area contributed by atoms with Gasteiger partial charge in [0, 0.05) is 24.2 Å². The molecule has 0 spiro atoms. The molecule has 0 aliphatic heterocycles. The number of aryl methyl sites for hydroxylation is 1. The molecule has 0 amide bonds. The summed E-state index contributed by atoms with van der Waals surface area (Å²) < 4.78 is 21.1. The topological polar surface area (TPSA) is 26.2 Å². The van der Waals surface area contributed by atoms with Crippen molar-refractivity contribution in [2.75, 3.05) is 20.7 Å². The molecule has 1 heterocycles. The van der Waals surface area contributed by atoms with Crippen molar-refractivity contribution in [3.8, 4) is 5.75 Å². The third-order valence-electron chi connectivity index (χ3n) is 2.98. The lowest BCUT2D eigenvalue weighted by Crippen LogP contribution is -2.15. The van der Waals surface area contributed by atoms with Gasteiger partial charge >= 0.3 is 0 Å². The molecule has 0 saturated carbocycles. The second kappa shape index (κ2) is 6.07. The van der Waals surface area contributed by atoms with Crippen molar-refractivity contribution in [2.45, 2.75) is 13.5 Å². The van der Waals surface area contributed by atoms with Gasteiger partial charge in [-0.2, -0.15) is 0 Å². The summed E-state index contributed by atoms with van der Waals surface area (Å²) in [5.41, 5.74) is 1.66. The Bertz CT molecular complexity index is 539. The average Bonchev–Trinajstić information content (AvgIpc) is 2.65. The number of ether oxygens (including phenoxy) is 1. The van der Waals surface area contributed by atoms with Crippen LogP contribution >= 0.6 is 12.4 Å². The molecule has 5 heteroatoms. The Hall–Kier alpha value is -1.26. The van der Waals surface area contributed by atoms with Crippen LogP contribution in [0.25, 0.3) is 10.9 Å². The highest BCUT2D eigenvalue weighted by molar-refractivity contribution is 5.88. The SMILES string of the molecule is CNCCn1c(C)cc2c(OC)ccc(F)c21.Cl. The van der Waals surface area contributed by atoms with Crippen molar-refractivity contribution in [3.05, 3.63) is 29.7 Å². The zero-order valence-electron chi connectivity index (χ0n) is 10.8. The summed E-state index contributed by atoms with van der Waals surface area (Å²) >= 11 is 0. The Balaban J connectivity index is 0.00000162. The Kier molecular flexibility index (Phi) is 4.99. The number of aromatic nitrogens is 1. The number of rotatable bonds is 4. The summed E-state index contributed by atoms with van der Waals surface area (Å²) in [6.07, 6.45) is 0. The van der Waals surface area contributed by atoms with Crippen molar-refractivity contribution in [2.24, 2.45) is 0 Å². The van der Waals surface area contributed by atoms with E-state index in [4.69, 9.17) is 4.74 Å². The highest BCUT2D eigenvalue weighted by Gasteiger charge is 2.13. The van der Waals surface area contributed by atoms with E-state index in [0.717, 1.165) is 24.2 Å². The largest absolute Gasteiger partial charge is 0.496 e. The molecule has 1 aromatic heterocycles. The van der Waals surface area contributed by atoms with Crippen LogP contribution in [-0.2, 0) is 6.54 Å². The second-order valence-electron chi connectivity index (χ2n) is 4.05. The van der Waals surface area contributed by atoms with Crippen molar-refractivity contribution in [3.63, 3.8) is 0 Å². The van der Waals surface area contributed by atoms with Crippen LogP contribution in [0.4, 0.5) is 4.39 Å². The number of likely N-dealkylation sites (N-methyl/N-ethyl adjacent to an activating group) is 1. The first-order chi connectivity index (χ1) is 8.19. The number of halogens is 2. The summed E-state index contributed by atoms with van der Waals surface area (Å²) in [7, 11) is 3.49. The van der Waals surface area contributed by atoms with Crippen LogP contribution in [0.1, 0.15) is 5.69 Å². The van der Waals surface area contributed by atoms with Crippen LogP contribution in [0.2, 0.25) is 0 Å². The molecule has 0 atom stereocenters. The molecular formula is C13H18ClFN2O. The van der Waals surface area contributed by atoms with Crippen LogP contribution in [0.3, 0.4) is 0 Å². The van der Waals surface area contributed by atoms with Gasteiger partial charge in [0.25, 0.3) is 0 Å². The zero-order chi connectivity index (χ0) is 12.4. The van der Waals surface area contributed by atoms with Gasteiger partial charge < -0.3 is 14.6 Å². The molecule has 3 nitrogen and oxygen atoms in total. The van der Waals surface area contributed by atoms with Crippen LogP contribution < -0.4 is 10.1 Å². The molecule has 0 unspecified atom stereocenters. The van der Waals surface area contributed by atoms with Crippen molar-refractivity contribution in [1.82, 2.24) is 9.88 Å². The Morgan fingerprint density at radius 3 is 2.72 bits per heavy atom. The van der Waals surface area contributed by atoms with Gasteiger partial charge in [0.1, 0.15) is 11.6 Å². The number of benzene rings is 1. The molecule has 0 aliphatic rings. The lowest BCUT2D eigenvalue weighted by atomic mass is 10.2. The minimum Gasteiger partial charge on any atom is -0.496 e. The Morgan fingerprint density at radius 1 is 1.39 bits per heavy atom. The van der Waals surface area contributed by atoms with E-state index in [0.29, 0.717) is 11.3 Å². The summed E-state index contributed by atoms with van der Waals surface area (Å²) in [4.78, 5) is 0. The standard InChI is InChI=1S/C13H17FN2O.ClH/c1-9-8-10-12(17-3)5-4-11(14)13(10)16(9)7-6-15-2;/h4-5,8,15H,6-7H2,1-3H3;1H. The van der Waals surface area contributed by atoms with E-state index in [9.17, 15) is 4.39 Å². The van der Waals surface area contributed by atoms with Gasteiger partial charge in [0.05, 0.1) is 12.6 Å². The Morgan fingerprint density at radius 2 is 2.11 bits per heavy atom. The van der Waals surface area contributed by atoms with E-state index in [1.807, 2.05) is 24.6 Å². The third kappa shape index (κ3) is 2.44. The minimum atomic E-state index is -0.204. The van der Waals surface area contributed by atoms with E-state index >= 15 is 0 Å². The molecule has 1 aromatic carbocycles. The summed E-state index contributed by atoms with van der Waals surface area (Å²) in [6, 6.07) is 5.09. The highest BCUT2D eigenvalue weighted by Crippen LogP contribution is 2.30. The monoisotopic (exact) mass is 272 g/mol. The van der Waals surface area contributed by atoms with Crippen molar-refractivity contribution < 1.29 is 9.13 Å². The fourth-order valence-electron chi connectivity index (χ4n) is 2.13. The normalized spacial score (nSPS) is 10.4. The molecule has 0 fully saturated rings. The van der Waals surface area contributed by atoms with Gasteiger partial charge in [-0.05, 0) is 32.2 Å². The smallest absolute Gasteiger partial charge is 0.147 e. The fourth-order valence-corrected chi connectivity index (χ4v) is 2.13. The van der Waals surface area contributed by atoms with Crippen LogP contribution in [0.15, 0.2) is 18.2 Å². The molecular weight excluding hydrogens is 255 g/mol. The lowest BCUT2D eigenvalue weighted by Gasteiger charge is -2.09. The number of hydrogen-bond acceptors (Lipinski definition) is 2. The number of fused-ring (bicyclic) bond motifs is 1. The van der Waals surface area contributed by atoms with Crippen LogP contribution in [0, 0.1) is 12.7 Å². The molecule has 18 heavy (non-hydrogen) atoms. The zero-order valence-corrected chi connectivity index (χ0v) is 11.6. The molecule has 0 saturated heterocycles. The molecule has 0 aliphatic carbocycles. The van der Waals surface area contributed by atoms with Gasteiger partial charge in [-0.15, -0.1) is 12.4 Å². The van der Waals surface area contributed by atoms with E-state index in [1.54, 1.807) is 13.2 Å². The predicted molar refractivity (Wildman–Crippen MR) is 74.4 cm³/mol. The van der Waals surface area contributed by atoms with Gasteiger partial charge in [-0.3, -0.25) is 0 Å². The quantitative estimate of drug-likeness (QED) is 0.926. The van der Waals surface area contributed by atoms with Crippen molar-refractivity contribution >= 4 is 23.3 Å². The van der Waals surface area contributed by atoms with Crippen LogP contribution in [-0.4, -0.2) is 25.3 Å². The number of nitrogens with one attached hydrogen (secondary N) is 1. The van der Waals surface area contributed by atoms with Gasteiger partial charge in [0.15, 0.2) is 0 Å².